The van der Waals surface area contributed by atoms with Crippen LogP contribution < -0.4 is 10.6 Å². The number of fused-ring (bicyclic) bond motifs is 1. The first-order chi connectivity index (χ1) is 10.9. The molecule has 1 aliphatic heterocycles. The van der Waals surface area contributed by atoms with Gasteiger partial charge in [0, 0.05) is 36.1 Å². The Hall–Kier alpha value is -2.30. The molecule has 0 radical (unpaired) electrons. The van der Waals surface area contributed by atoms with Crippen LogP contribution in [0.3, 0.4) is 0 Å². The summed E-state index contributed by atoms with van der Waals surface area (Å²) >= 11 is 0. The molecule has 3 rings (SSSR count). The van der Waals surface area contributed by atoms with E-state index in [0.29, 0.717) is 13.0 Å². The predicted octanol–water partition coefficient (Wildman–Crippen LogP) is 3.53. The van der Waals surface area contributed by atoms with Gasteiger partial charge in [0.25, 0.3) is 0 Å². The third-order valence-electron chi connectivity index (χ3n) is 4.05. The van der Waals surface area contributed by atoms with Crippen molar-refractivity contribution in [1.82, 2.24) is 9.78 Å². The largest absolute Gasteiger partial charge is 0.381 e. The van der Waals surface area contributed by atoms with Crippen molar-refractivity contribution in [3.63, 3.8) is 0 Å². The second kappa shape index (κ2) is 6.07. The summed E-state index contributed by atoms with van der Waals surface area (Å²) < 4.78 is 1.97. The summed E-state index contributed by atoms with van der Waals surface area (Å²) in [5.74, 6) is 0.104. The van der Waals surface area contributed by atoms with Crippen LogP contribution in [0.25, 0.3) is 0 Å². The Morgan fingerprint density at radius 1 is 1.30 bits per heavy atom. The van der Waals surface area contributed by atoms with Gasteiger partial charge in [-0.3, -0.25) is 9.48 Å². The van der Waals surface area contributed by atoms with Gasteiger partial charge in [-0.05, 0) is 51.3 Å². The Morgan fingerprint density at radius 3 is 2.87 bits per heavy atom. The number of anilines is 2. The molecule has 1 amide bonds. The second-order valence-electron chi connectivity index (χ2n) is 7.09. The highest BCUT2D eigenvalue weighted by Crippen LogP contribution is 2.26. The van der Waals surface area contributed by atoms with Crippen LogP contribution in [0.5, 0.6) is 0 Å². The molecule has 23 heavy (non-hydrogen) atoms. The summed E-state index contributed by atoms with van der Waals surface area (Å²) in [4.78, 5) is 11.7. The molecule has 5 heteroatoms. The van der Waals surface area contributed by atoms with Gasteiger partial charge in [-0.2, -0.15) is 5.10 Å². The highest BCUT2D eigenvalue weighted by atomic mass is 16.1. The van der Waals surface area contributed by atoms with Crippen LogP contribution in [0, 0.1) is 0 Å². The fraction of sp³-hybridized carbons (Fsp3) is 0.444. The topological polar surface area (TPSA) is 59.0 Å². The molecule has 122 valence electrons. The fourth-order valence-corrected chi connectivity index (χ4v) is 2.70. The third-order valence-corrected chi connectivity index (χ3v) is 4.05. The number of aromatic nitrogens is 2. The minimum Gasteiger partial charge on any atom is -0.381 e. The molecule has 0 spiro atoms. The van der Waals surface area contributed by atoms with Crippen molar-refractivity contribution in [3.8, 4) is 0 Å². The lowest BCUT2D eigenvalue weighted by Crippen LogP contribution is -2.21. The van der Waals surface area contributed by atoms with E-state index in [-0.39, 0.29) is 11.4 Å². The molecule has 0 aliphatic carbocycles. The maximum atomic E-state index is 11.7. The Morgan fingerprint density at radius 2 is 2.13 bits per heavy atom. The van der Waals surface area contributed by atoms with Gasteiger partial charge in [0.05, 0.1) is 11.7 Å². The molecule has 2 N–H and O–H groups in total. The molecule has 0 fully saturated rings. The first-order valence-corrected chi connectivity index (χ1v) is 8.12. The number of nitrogens with zero attached hydrogens (tertiary/aromatic N) is 2. The van der Waals surface area contributed by atoms with Crippen LogP contribution in [0.1, 0.15) is 44.7 Å². The van der Waals surface area contributed by atoms with E-state index in [4.69, 9.17) is 0 Å². The number of benzene rings is 1. The van der Waals surface area contributed by atoms with E-state index in [2.05, 4.69) is 54.8 Å². The van der Waals surface area contributed by atoms with Gasteiger partial charge in [-0.25, -0.2) is 0 Å². The smallest absolute Gasteiger partial charge is 0.224 e. The van der Waals surface area contributed by atoms with Gasteiger partial charge >= 0.3 is 0 Å². The summed E-state index contributed by atoms with van der Waals surface area (Å²) in [6.45, 7) is 7.11. The van der Waals surface area contributed by atoms with Gasteiger partial charge in [-0.15, -0.1) is 0 Å². The van der Waals surface area contributed by atoms with E-state index in [1.54, 1.807) is 0 Å². The van der Waals surface area contributed by atoms with Gasteiger partial charge in [0.15, 0.2) is 0 Å². The maximum Gasteiger partial charge on any atom is 0.224 e. The molecule has 0 saturated heterocycles. The van der Waals surface area contributed by atoms with E-state index in [0.717, 1.165) is 29.8 Å². The van der Waals surface area contributed by atoms with Crippen LogP contribution >= 0.6 is 0 Å². The van der Waals surface area contributed by atoms with Crippen LogP contribution in [0.4, 0.5) is 11.4 Å². The molecular weight excluding hydrogens is 288 g/mol. The molecule has 2 aromatic rings. The average Bonchev–Trinajstić information content (AvgIpc) is 2.88. The van der Waals surface area contributed by atoms with E-state index >= 15 is 0 Å². The SMILES string of the molecule is CC(C)(C)n1cc(CNc2ccc3c(c2)NC(=O)CCC3)cn1. The molecule has 0 atom stereocenters. The highest BCUT2D eigenvalue weighted by molar-refractivity contribution is 5.92. The number of hydrogen-bond acceptors (Lipinski definition) is 3. The fourth-order valence-electron chi connectivity index (χ4n) is 2.70. The number of carbonyl (C=O) groups is 1. The van der Waals surface area contributed by atoms with E-state index < -0.39 is 0 Å². The molecule has 0 saturated carbocycles. The second-order valence-corrected chi connectivity index (χ2v) is 7.09. The number of rotatable bonds is 3. The third kappa shape index (κ3) is 3.73. The number of hydrogen-bond donors (Lipinski definition) is 2. The first-order valence-electron chi connectivity index (χ1n) is 8.12. The highest BCUT2D eigenvalue weighted by Gasteiger charge is 2.15. The van der Waals surface area contributed by atoms with Crippen LogP contribution in [0.15, 0.2) is 30.6 Å². The van der Waals surface area contributed by atoms with E-state index in [1.807, 2.05) is 16.9 Å². The van der Waals surface area contributed by atoms with Crippen molar-refractivity contribution >= 4 is 17.3 Å². The van der Waals surface area contributed by atoms with Crippen molar-refractivity contribution in [3.05, 3.63) is 41.7 Å². The molecule has 0 bridgehead atoms. The Kier molecular flexibility index (Phi) is 4.11. The predicted molar refractivity (Wildman–Crippen MR) is 92.6 cm³/mol. The molecule has 0 unspecified atom stereocenters. The lowest BCUT2D eigenvalue weighted by molar-refractivity contribution is -0.116. The minimum absolute atomic E-state index is 0.00734. The van der Waals surface area contributed by atoms with Crippen molar-refractivity contribution in [2.45, 2.75) is 52.1 Å². The summed E-state index contributed by atoms with van der Waals surface area (Å²) in [5.41, 5.74) is 4.28. The summed E-state index contributed by atoms with van der Waals surface area (Å²) in [7, 11) is 0. The average molecular weight is 312 g/mol. The number of aryl methyl sites for hydroxylation is 1. The van der Waals surface area contributed by atoms with Gasteiger partial charge < -0.3 is 10.6 Å². The Labute approximate surface area is 137 Å². The summed E-state index contributed by atoms with van der Waals surface area (Å²) in [6, 6.07) is 6.19. The van der Waals surface area contributed by atoms with Crippen molar-refractivity contribution in [2.24, 2.45) is 0 Å². The standard InChI is InChI=1S/C18H24N4O/c1-18(2,3)22-12-13(11-20-22)10-19-15-8-7-14-5-4-6-17(23)21-16(14)9-15/h7-9,11-12,19H,4-6,10H2,1-3H3,(H,21,23). The zero-order chi connectivity index (χ0) is 16.4. The van der Waals surface area contributed by atoms with Crippen molar-refractivity contribution < 1.29 is 4.79 Å². The molecule has 5 nitrogen and oxygen atoms in total. The number of amides is 1. The minimum atomic E-state index is -0.00734. The van der Waals surface area contributed by atoms with E-state index in [9.17, 15) is 4.79 Å². The Balaban J connectivity index is 1.69. The lowest BCUT2D eigenvalue weighted by Gasteiger charge is -2.18. The Bertz CT molecular complexity index is 712. The van der Waals surface area contributed by atoms with Crippen LogP contribution in [-0.4, -0.2) is 15.7 Å². The molecular formula is C18H24N4O. The lowest BCUT2D eigenvalue weighted by atomic mass is 10.1. The quantitative estimate of drug-likeness (QED) is 0.911. The zero-order valence-corrected chi connectivity index (χ0v) is 14.0. The molecule has 2 heterocycles. The normalized spacial score (nSPS) is 14.8. The van der Waals surface area contributed by atoms with Gasteiger partial charge in [-0.1, -0.05) is 6.07 Å². The molecule has 1 aromatic carbocycles. The zero-order valence-electron chi connectivity index (χ0n) is 14.0. The maximum absolute atomic E-state index is 11.7. The molecule has 1 aromatic heterocycles. The van der Waals surface area contributed by atoms with Gasteiger partial charge in [0.1, 0.15) is 0 Å². The van der Waals surface area contributed by atoms with Gasteiger partial charge in [0.2, 0.25) is 5.91 Å². The molecule has 1 aliphatic rings. The van der Waals surface area contributed by atoms with E-state index in [1.165, 1.54) is 5.56 Å². The summed E-state index contributed by atoms with van der Waals surface area (Å²) in [6.07, 6.45) is 6.43. The number of nitrogens with one attached hydrogen (secondary N) is 2. The van der Waals surface area contributed by atoms with Crippen LogP contribution in [-0.2, 0) is 23.3 Å². The first kappa shape index (κ1) is 15.6. The number of carbonyl (C=O) groups excluding carboxylic acids is 1. The van der Waals surface area contributed by atoms with Crippen molar-refractivity contribution in [2.75, 3.05) is 10.6 Å². The van der Waals surface area contributed by atoms with Crippen LogP contribution in [0.2, 0.25) is 0 Å². The summed E-state index contributed by atoms with van der Waals surface area (Å²) in [5, 5.41) is 10.8. The monoisotopic (exact) mass is 312 g/mol. The van der Waals surface area contributed by atoms with Crippen molar-refractivity contribution in [1.29, 1.82) is 0 Å².